The second-order valence-corrected chi connectivity index (χ2v) is 9.22. The lowest BCUT2D eigenvalue weighted by atomic mass is 9.98. The number of rotatable bonds is 14. The zero-order chi connectivity index (χ0) is 25.7. The Hall–Kier alpha value is -1.42. The summed E-state index contributed by atoms with van der Waals surface area (Å²) >= 11 is 0. The van der Waals surface area contributed by atoms with Gasteiger partial charge in [-0.3, -0.25) is 14.4 Å². The molecular weight excluding hydrogens is 569 g/mol. The first-order valence-electron chi connectivity index (χ1n) is 12.2. The van der Waals surface area contributed by atoms with E-state index in [9.17, 15) is 14.4 Å². The topological polar surface area (TPSA) is 97.4 Å². The first kappa shape index (κ1) is 33.6. The van der Waals surface area contributed by atoms with Crippen molar-refractivity contribution in [2.45, 2.75) is 96.9 Å². The number of carbonyl (C=O) groups is 3. The molecule has 35 heavy (non-hydrogen) atoms. The van der Waals surface area contributed by atoms with Crippen LogP contribution in [0.3, 0.4) is 0 Å². The van der Waals surface area contributed by atoms with Gasteiger partial charge in [-0.15, -0.1) is 6.42 Å². The van der Waals surface area contributed by atoms with E-state index in [1.807, 2.05) is 34.9 Å². The van der Waals surface area contributed by atoms with Crippen LogP contribution in [0.15, 0.2) is 0 Å². The Labute approximate surface area is 227 Å². The predicted octanol–water partition coefficient (Wildman–Crippen LogP) is -0.403. The largest absolute Gasteiger partial charge is 1.00 e. The van der Waals surface area contributed by atoms with E-state index in [0.29, 0.717) is 36.8 Å². The second kappa shape index (κ2) is 17.1. The van der Waals surface area contributed by atoms with Gasteiger partial charge in [0.25, 0.3) is 0 Å². The van der Waals surface area contributed by atoms with Gasteiger partial charge >= 0.3 is 17.9 Å². The fourth-order valence-corrected chi connectivity index (χ4v) is 3.52. The number of carbonyl (C=O) groups excluding carboxylic acids is 3. The minimum absolute atomic E-state index is 0. The molecule has 1 rings (SSSR count). The lowest BCUT2D eigenvalue weighted by Crippen LogP contribution is -3.00. The van der Waals surface area contributed by atoms with Crippen molar-refractivity contribution in [1.82, 2.24) is 0 Å². The third kappa shape index (κ3) is 11.9. The first-order chi connectivity index (χ1) is 16.1. The number of terminal acetylenes is 1. The molecule has 1 aliphatic rings. The van der Waals surface area contributed by atoms with Crippen LogP contribution in [-0.4, -0.2) is 86.9 Å². The van der Waals surface area contributed by atoms with Crippen LogP contribution in [0.2, 0.25) is 0 Å². The van der Waals surface area contributed by atoms with Gasteiger partial charge in [0.1, 0.15) is 13.1 Å². The molecule has 0 bridgehead atoms. The Bertz CT molecular complexity index is 708. The lowest BCUT2D eigenvalue weighted by Gasteiger charge is -2.43. The number of ether oxygens (including phenoxy) is 5. The Morgan fingerprint density at radius 3 is 1.77 bits per heavy atom. The van der Waals surface area contributed by atoms with Crippen molar-refractivity contribution >= 4 is 17.9 Å². The molecule has 10 heteroatoms. The molecule has 5 atom stereocenters. The van der Waals surface area contributed by atoms with Gasteiger partial charge in [0.2, 0.25) is 0 Å². The number of hydrogen-bond donors (Lipinski definition) is 0. The van der Waals surface area contributed by atoms with Crippen LogP contribution in [0, 0.1) is 12.3 Å². The van der Waals surface area contributed by atoms with E-state index >= 15 is 0 Å². The number of quaternary nitrogens is 1. The maximum atomic E-state index is 12.5. The molecule has 0 aromatic carbocycles. The number of hydrogen-bond acceptors (Lipinski definition) is 8. The Morgan fingerprint density at radius 1 is 0.857 bits per heavy atom. The molecule has 9 nitrogen and oxygen atoms in total. The van der Waals surface area contributed by atoms with E-state index in [0.717, 1.165) is 0 Å². The highest BCUT2D eigenvalue weighted by atomic mass is 127. The van der Waals surface area contributed by atoms with Gasteiger partial charge in [-0.25, -0.2) is 0 Å². The van der Waals surface area contributed by atoms with E-state index in [2.05, 4.69) is 5.92 Å². The predicted molar refractivity (Wildman–Crippen MR) is 125 cm³/mol. The summed E-state index contributed by atoms with van der Waals surface area (Å²) < 4.78 is 29.6. The standard InChI is InChI=1S/C25H42NO8.HI/c1-8-12-19(27)32-22-18(5)31-25(30-17-16-26(6,7)15-11-4)24(34-21(29)14-10-3)23(22)33-20(28)13-9-2;/h4,18,22-25H,8-10,12-17H2,1-3,5-7H3;1H/q+1;/p-1/t18-,22+,23+,24-,25?;/m0./s1. The summed E-state index contributed by atoms with van der Waals surface area (Å²) in [6.45, 7) is 8.66. The van der Waals surface area contributed by atoms with Crippen LogP contribution in [-0.2, 0) is 38.1 Å². The summed E-state index contributed by atoms with van der Waals surface area (Å²) in [5.74, 6) is 1.25. The molecule has 1 aliphatic heterocycles. The highest BCUT2D eigenvalue weighted by Crippen LogP contribution is 2.30. The van der Waals surface area contributed by atoms with Crippen LogP contribution < -0.4 is 24.0 Å². The average molecular weight is 612 g/mol. The van der Waals surface area contributed by atoms with Crippen molar-refractivity contribution in [2.24, 2.45) is 0 Å². The third-order valence-corrected chi connectivity index (χ3v) is 5.39. The van der Waals surface area contributed by atoms with Crippen molar-refractivity contribution < 1.29 is 66.5 Å². The van der Waals surface area contributed by atoms with Crippen LogP contribution >= 0.6 is 0 Å². The number of halogens is 1. The summed E-state index contributed by atoms with van der Waals surface area (Å²) in [6.07, 6.45) is 3.06. The van der Waals surface area contributed by atoms with Crippen LogP contribution in [0.25, 0.3) is 0 Å². The minimum atomic E-state index is -1.08. The minimum Gasteiger partial charge on any atom is -1.00 e. The number of nitrogens with zero attached hydrogens (tertiary/aromatic N) is 1. The van der Waals surface area contributed by atoms with Gasteiger partial charge in [0, 0.05) is 19.3 Å². The molecule has 1 fully saturated rings. The zero-order valence-electron chi connectivity index (χ0n) is 21.9. The Balaban J connectivity index is 0.0000116. The fraction of sp³-hybridized carbons (Fsp3) is 0.800. The molecular formula is C25H42INO8. The van der Waals surface area contributed by atoms with Crippen LogP contribution in [0.1, 0.15) is 66.2 Å². The van der Waals surface area contributed by atoms with Gasteiger partial charge in [-0.05, 0) is 32.1 Å². The first-order valence-corrected chi connectivity index (χ1v) is 12.2. The van der Waals surface area contributed by atoms with Crippen molar-refractivity contribution in [3.8, 4) is 12.3 Å². The molecule has 0 aromatic heterocycles. The highest BCUT2D eigenvalue weighted by Gasteiger charge is 2.51. The summed E-state index contributed by atoms with van der Waals surface area (Å²) in [7, 11) is 3.95. The molecule has 0 saturated carbocycles. The smallest absolute Gasteiger partial charge is 0.306 e. The maximum Gasteiger partial charge on any atom is 0.306 e. The number of esters is 3. The molecule has 1 saturated heterocycles. The van der Waals surface area contributed by atoms with Crippen molar-refractivity contribution in [3.05, 3.63) is 0 Å². The van der Waals surface area contributed by atoms with Gasteiger partial charge in [0.15, 0.2) is 24.6 Å². The van der Waals surface area contributed by atoms with Crippen LogP contribution in [0.4, 0.5) is 0 Å². The van der Waals surface area contributed by atoms with Crippen molar-refractivity contribution in [1.29, 1.82) is 0 Å². The Kier molecular flexibility index (Phi) is 16.4. The van der Waals surface area contributed by atoms with Gasteiger partial charge in [-0.2, -0.15) is 0 Å². The van der Waals surface area contributed by atoms with E-state index in [-0.39, 0.29) is 49.8 Å². The highest BCUT2D eigenvalue weighted by molar-refractivity contribution is 5.71. The Morgan fingerprint density at radius 2 is 1.31 bits per heavy atom. The molecule has 0 aromatic rings. The normalized spacial score (nSPS) is 24.0. The molecule has 0 radical (unpaired) electrons. The van der Waals surface area contributed by atoms with E-state index in [1.54, 1.807) is 6.92 Å². The monoisotopic (exact) mass is 611 g/mol. The molecule has 0 spiro atoms. The molecule has 0 aliphatic carbocycles. The van der Waals surface area contributed by atoms with Gasteiger partial charge in [-0.1, -0.05) is 20.8 Å². The van der Waals surface area contributed by atoms with Crippen LogP contribution in [0.5, 0.6) is 0 Å². The van der Waals surface area contributed by atoms with Crippen molar-refractivity contribution in [3.63, 3.8) is 0 Å². The summed E-state index contributed by atoms with van der Waals surface area (Å²) in [4.78, 5) is 37.2. The van der Waals surface area contributed by atoms with E-state index in [4.69, 9.17) is 30.1 Å². The van der Waals surface area contributed by atoms with Gasteiger partial charge < -0.3 is 52.1 Å². The SMILES string of the molecule is C#CC[N+](C)(C)CCOC1O[C@@H](C)[C@@H](OC(=O)CCC)[C@@H](OC(=O)CCC)[C@@H]1OC(=O)CCC.[I-]. The summed E-state index contributed by atoms with van der Waals surface area (Å²) in [5, 5.41) is 0. The molecule has 0 N–H and O–H groups in total. The average Bonchev–Trinajstić information content (AvgIpc) is 2.73. The number of likely N-dealkylation sites (N-methyl/N-ethyl adjacent to an activating group) is 1. The zero-order valence-corrected chi connectivity index (χ0v) is 24.1. The van der Waals surface area contributed by atoms with E-state index in [1.165, 1.54) is 0 Å². The lowest BCUT2D eigenvalue weighted by molar-refractivity contribution is -0.883. The molecule has 202 valence electrons. The van der Waals surface area contributed by atoms with Gasteiger partial charge in [0.05, 0.1) is 26.8 Å². The summed E-state index contributed by atoms with van der Waals surface area (Å²) in [5.41, 5.74) is 0. The summed E-state index contributed by atoms with van der Waals surface area (Å²) in [6, 6.07) is 0. The quantitative estimate of drug-likeness (QED) is 0.0862. The second-order valence-electron chi connectivity index (χ2n) is 9.22. The molecule has 1 unspecified atom stereocenters. The molecule has 1 heterocycles. The van der Waals surface area contributed by atoms with E-state index < -0.39 is 48.6 Å². The maximum absolute atomic E-state index is 12.5. The van der Waals surface area contributed by atoms with Crippen molar-refractivity contribution in [2.75, 3.05) is 33.8 Å². The fourth-order valence-electron chi connectivity index (χ4n) is 3.52. The third-order valence-electron chi connectivity index (χ3n) is 5.39. The molecule has 0 amide bonds.